The van der Waals surface area contributed by atoms with Crippen LogP contribution in [0.5, 0.6) is 12.0 Å². The number of terminal acetylenes is 1. The van der Waals surface area contributed by atoms with Crippen LogP contribution in [0.25, 0.3) is 0 Å². The fourth-order valence-corrected chi connectivity index (χ4v) is 1.01. The molecule has 0 aliphatic rings. The number of methoxy groups -OCH3 is 1. The monoisotopic (exact) mass is 236 g/mol. The Morgan fingerprint density at radius 2 is 2.06 bits per heavy atom. The van der Waals surface area contributed by atoms with Crippen molar-refractivity contribution in [3.8, 4) is 24.4 Å². The zero-order chi connectivity index (χ0) is 12.5. The predicted octanol–water partition coefficient (Wildman–Crippen LogP) is 1.10. The summed E-state index contributed by atoms with van der Waals surface area (Å²) in [5.41, 5.74) is 0. The molecule has 6 heteroatoms. The molecule has 0 aromatic carbocycles. The Kier molecular flexibility index (Phi) is 5.58. The highest BCUT2D eigenvalue weighted by Crippen LogP contribution is 2.12. The van der Waals surface area contributed by atoms with Crippen molar-refractivity contribution in [1.29, 1.82) is 0 Å². The number of rotatable bonds is 7. The molecule has 6 nitrogen and oxygen atoms in total. The number of hydrogen-bond acceptors (Lipinski definition) is 6. The van der Waals surface area contributed by atoms with Crippen molar-refractivity contribution in [3.05, 3.63) is 0 Å². The van der Waals surface area contributed by atoms with Gasteiger partial charge in [0, 0.05) is 13.0 Å². The van der Waals surface area contributed by atoms with E-state index in [-0.39, 0.29) is 12.0 Å². The minimum absolute atomic E-state index is 0.214. The molecular formula is C11H16N4O2. The third-order valence-electron chi connectivity index (χ3n) is 1.79. The second-order valence-electron chi connectivity index (χ2n) is 3.16. The maximum Gasteiger partial charge on any atom is 0.324 e. The molecule has 0 unspecified atom stereocenters. The predicted molar refractivity (Wildman–Crippen MR) is 64.1 cm³/mol. The average Bonchev–Trinajstić information content (AvgIpc) is 2.36. The minimum Gasteiger partial charge on any atom is -0.467 e. The van der Waals surface area contributed by atoms with Crippen molar-refractivity contribution >= 4 is 5.95 Å². The standard InChI is InChI=1S/C11H16N4O2/c1-4-6-8-17-11-14-9(12-7-5-2)13-10(15-11)16-3/h1H,5-8H2,2-3H3,(H,12,13,14,15). The summed E-state index contributed by atoms with van der Waals surface area (Å²) in [4.78, 5) is 12.1. The van der Waals surface area contributed by atoms with Crippen LogP contribution in [-0.2, 0) is 0 Å². The Morgan fingerprint density at radius 1 is 1.29 bits per heavy atom. The Bertz CT molecular complexity index is 390. The van der Waals surface area contributed by atoms with E-state index in [1.54, 1.807) is 0 Å². The van der Waals surface area contributed by atoms with Gasteiger partial charge in [-0.15, -0.1) is 17.3 Å². The van der Waals surface area contributed by atoms with Gasteiger partial charge in [-0.25, -0.2) is 0 Å². The lowest BCUT2D eigenvalue weighted by Crippen LogP contribution is -2.09. The summed E-state index contributed by atoms with van der Waals surface area (Å²) in [5.74, 6) is 2.91. The van der Waals surface area contributed by atoms with Crippen molar-refractivity contribution in [2.24, 2.45) is 0 Å². The van der Waals surface area contributed by atoms with E-state index in [4.69, 9.17) is 15.9 Å². The highest BCUT2D eigenvalue weighted by Gasteiger charge is 2.06. The number of nitrogens with one attached hydrogen (secondary N) is 1. The summed E-state index contributed by atoms with van der Waals surface area (Å²) in [5, 5.41) is 3.04. The van der Waals surface area contributed by atoms with Gasteiger partial charge in [-0.3, -0.25) is 0 Å². The summed E-state index contributed by atoms with van der Waals surface area (Å²) in [6, 6.07) is 0.431. The van der Waals surface area contributed by atoms with E-state index in [9.17, 15) is 0 Å². The van der Waals surface area contributed by atoms with Crippen LogP contribution in [0, 0.1) is 12.3 Å². The van der Waals surface area contributed by atoms with E-state index in [2.05, 4.69) is 33.1 Å². The zero-order valence-corrected chi connectivity index (χ0v) is 10.1. The van der Waals surface area contributed by atoms with Crippen LogP contribution >= 0.6 is 0 Å². The van der Waals surface area contributed by atoms with Crippen molar-refractivity contribution in [2.45, 2.75) is 19.8 Å². The van der Waals surface area contributed by atoms with E-state index in [1.807, 2.05) is 0 Å². The van der Waals surface area contributed by atoms with Gasteiger partial charge in [-0.2, -0.15) is 9.97 Å². The molecule has 1 aromatic rings. The minimum atomic E-state index is 0.214. The number of aromatic nitrogens is 3. The van der Waals surface area contributed by atoms with Gasteiger partial charge in [0.15, 0.2) is 0 Å². The van der Waals surface area contributed by atoms with Crippen LogP contribution in [0.2, 0.25) is 0 Å². The molecule has 1 rings (SSSR count). The molecule has 0 bridgehead atoms. The summed E-state index contributed by atoms with van der Waals surface area (Å²) in [7, 11) is 1.49. The smallest absolute Gasteiger partial charge is 0.324 e. The van der Waals surface area contributed by atoms with Crippen LogP contribution in [-0.4, -0.2) is 35.2 Å². The Morgan fingerprint density at radius 3 is 2.71 bits per heavy atom. The highest BCUT2D eigenvalue weighted by molar-refractivity contribution is 5.27. The molecule has 0 amide bonds. The molecule has 0 fully saturated rings. The van der Waals surface area contributed by atoms with Gasteiger partial charge < -0.3 is 14.8 Å². The molecule has 1 N–H and O–H groups in total. The first-order chi connectivity index (χ1) is 8.30. The van der Waals surface area contributed by atoms with E-state index < -0.39 is 0 Å². The maximum atomic E-state index is 5.28. The summed E-state index contributed by atoms with van der Waals surface area (Å²) in [6.45, 7) is 3.20. The second-order valence-corrected chi connectivity index (χ2v) is 3.16. The lowest BCUT2D eigenvalue weighted by molar-refractivity contribution is 0.288. The maximum absolute atomic E-state index is 5.28. The summed E-state index contributed by atoms with van der Waals surface area (Å²) >= 11 is 0. The molecule has 1 aromatic heterocycles. The molecule has 0 atom stereocenters. The molecule has 17 heavy (non-hydrogen) atoms. The average molecular weight is 236 g/mol. The van der Waals surface area contributed by atoms with Crippen LogP contribution in [0.3, 0.4) is 0 Å². The van der Waals surface area contributed by atoms with Crippen molar-refractivity contribution in [3.63, 3.8) is 0 Å². The SMILES string of the molecule is C#CCCOc1nc(NCCC)nc(OC)n1. The first kappa shape index (κ1) is 13.0. The lowest BCUT2D eigenvalue weighted by Gasteiger charge is -2.07. The molecular weight excluding hydrogens is 220 g/mol. The van der Waals surface area contributed by atoms with Gasteiger partial charge in [0.05, 0.1) is 7.11 Å². The number of ether oxygens (including phenoxy) is 2. The van der Waals surface area contributed by atoms with Gasteiger partial charge in [-0.1, -0.05) is 6.92 Å². The molecule has 0 saturated carbocycles. The Balaban J connectivity index is 2.71. The second kappa shape index (κ2) is 7.28. The van der Waals surface area contributed by atoms with Gasteiger partial charge in [0.1, 0.15) is 6.61 Å². The van der Waals surface area contributed by atoms with Crippen molar-refractivity contribution in [2.75, 3.05) is 25.6 Å². The van der Waals surface area contributed by atoms with Gasteiger partial charge in [-0.05, 0) is 6.42 Å². The highest BCUT2D eigenvalue weighted by atomic mass is 16.5. The molecule has 1 heterocycles. The number of anilines is 1. The fourth-order valence-electron chi connectivity index (χ4n) is 1.01. The Hall–Kier alpha value is -2.03. The third-order valence-corrected chi connectivity index (χ3v) is 1.79. The van der Waals surface area contributed by atoms with E-state index >= 15 is 0 Å². The molecule has 0 saturated heterocycles. The van der Waals surface area contributed by atoms with Crippen molar-refractivity contribution in [1.82, 2.24) is 15.0 Å². The molecule has 0 radical (unpaired) electrons. The zero-order valence-electron chi connectivity index (χ0n) is 10.1. The lowest BCUT2D eigenvalue weighted by atomic mass is 10.5. The van der Waals surface area contributed by atoms with Crippen LogP contribution in [0.1, 0.15) is 19.8 Å². The largest absolute Gasteiger partial charge is 0.467 e. The van der Waals surface area contributed by atoms with Crippen molar-refractivity contribution < 1.29 is 9.47 Å². The molecule has 0 spiro atoms. The fraction of sp³-hybridized carbons (Fsp3) is 0.545. The van der Waals surface area contributed by atoms with E-state index in [0.29, 0.717) is 19.0 Å². The normalized spacial score (nSPS) is 9.47. The van der Waals surface area contributed by atoms with Crippen LogP contribution < -0.4 is 14.8 Å². The molecule has 0 aliphatic heterocycles. The first-order valence-electron chi connectivity index (χ1n) is 5.40. The number of nitrogens with zero attached hydrogens (tertiary/aromatic N) is 3. The molecule has 92 valence electrons. The number of hydrogen-bond donors (Lipinski definition) is 1. The van der Waals surface area contributed by atoms with Gasteiger partial charge in [0.2, 0.25) is 5.95 Å². The summed E-state index contributed by atoms with van der Waals surface area (Å²) < 4.78 is 10.2. The van der Waals surface area contributed by atoms with Crippen LogP contribution in [0.15, 0.2) is 0 Å². The third kappa shape index (κ3) is 4.55. The van der Waals surface area contributed by atoms with Gasteiger partial charge in [0.25, 0.3) is 0 Å². The molecule has 0 aliphatic carbocycles. The van der Waals surface area contributed by atoms with Crippen LogP contribution in [0.4, 0.5) is 5.95 Å². The van der Waals surface area contributed by atoms with Gasteiger partial charge >= 0.3 is 12.0 Å². The first-order valence-corrected chi connectivity index (χ1v) is 5.40. The van der Waals surface area contributed by atoms with E-state index in [0.717, 1.165) is 13.0 Å². The topological polar surface area (TPSA) is 69.2 Å². The Labute approximate surface area is 101 Å². The quantitative estimate of drug-likeness (QED) is 0.565. The van der Waals surface area contributed by atoms with E-state index in [1.165, 1.54) is 7.11 Å². The summed E-state index contributed by atoms with van der Waals surface area (Å²) in [6.07, 6.45) is 6.60.